The van der Waals surface area contributed by atoms with Gasteiger partial charge in [-0.3, -0.25) is 14.3 Å². The summed E-state index contributed by atoms with van der Waals surface area (Å²) in [6.07, 6.45) is 2.96. The summed E-state index contributed by atoms with van der Waals surface area (Å²) in [6, 6.07) is 0. The van der Waals surface area contributed by atoms with Crippen LogP contribution >= 0.6 is 0 Å². The van der Waals surface area contributed by atoms with Gasteiger partial charge in [-0.15, -0.1) is 6.42 Å². The van der Waals surface area contributed by atoms with Gasteiger partial charge in [0.2, 0.25) is 0 Å². The number of nitrogens with one attached hydrogen (secondary N) is 1. The molecule has 96 valence electrons. The summed E-state index contributed by atoms with van der Waals surface area (Å²) in [7, 11) is 0. The van der Waals surface area contributed by atoms with Crippen molar-refractivity contribution in [1.29, 1.82) is 0 Å². The first-order valence-corrected chi connectivity index (χ1v) is 5.29. The number of H-pyrrole nitrogens is 1. The molecule has 1 aromatic heterocycles. The average molecular weight is 254 g/mol. The zero-order valence-electron chi connectivity index (χ0n) is 9.30. The Balaban J connectivity index is 2.39. The molecular weight excluding hydrogens is 243 g/mol. The molecule has 1 aromatic rings. The van der Waals surface area contributed by atoms with E-state index in [1.807, 2.05) is 4.98 Å². The Morgan fingerprint density at radius 1 is 1.67 bits per heavy atom. The third-order valence-electron chi connectivity index (χ3n) is 2.78. The molecule has 1 unspecified atom stereocenters. The number of ether oxygens (including phenoxy) is 1. The fourth-order valence-electron chi connectivity index (χ4n) is 1.83. The van der Waals surface area contributed by atoms with Crippen LogP contribution in [0.1, 0.15) is 18.2 Å². The van der Waals surface area contributed by atoms with Crippen LogP contribution in [-0.2, 0) is 4.74 Å². The van der Waals surface area contributed by atoms with Crippen molar-refractivity contribution in [3.05, 3.63) is 32.6 Å². The molecule has 2 N–H and O–H groups in total. The van der Waals surface area contributed by atoms with Crippen molar-refractivity contribution in [1.82, 2.24) is 9.55 Å². The molecule has 18 heavy (non-hydrogen) atoms. The van der Waals surface area contributed by atoms with E-state index in [4.69, 9.17) is 16.3 Å². The molecule has 0 aliphatic carbocycles. The summed E-state index contributed by atoms with van der Waals surface area (Å²) in [5, 5.41) is 8.87. The highest BCUT2D eigenvalue weighted by molar-refractivity contribution is 5.26. The van der Waals surface area contributed by atoms with Gasteiger partial charge in [0.25, 0.3) is 5.56 Å². The maximum Gasteiger partial charge on any atom is 0.330 e. The highest BCUT2D eigenvalue weighted by Gasteiger charge is 2.36. The van der Waals surface area contributed by atoms with Gasteiger partial charge in [0, 0.05) is 12.6 Å². The summed E-state index contributed by atoms with van der Waals surface area (Å²) >= 11 is 0. The SMILES string of the molecule is C#Cc1cn([C@H]2CC(F)[C@@H](CO)O2)c(=O)[nH]c1=O. The smallest absolute Gasteiger partial charge is 0.330 e. The minimum Gasteiger partial charge on any atom is -0.394 e. The quantitative estimate of drug-likeness (QED) is 0.672. The van der Waals surface area contributed by atoms with Crippen LogP contribution in [0.3, 0.4) is 0 Å². The van der Waals surface area contributed by atoms with Gasteiger partial charge in [-0.25, -0.2) is 9.18 Å². The Hall–Kier alpha value is -1.91. The van der Waals surface area contributed by atoms with E-state index in [0.717, 1.165) is 10.8 Å². The number of halogens is 1. The van der Waals surface area contributed by atoms with Gasteiger partial charge >= 0.3 is 5.69 Å². The zero-order valence-corrected chi connectivity index (χ0v) is 9.30. The fourth-order valence-corrected chi connectivity index (χ4v) is 1.83. The normalized spacial score (nSPS) is 27.1. The molecule has 0 saturated carbocycles. The number of aliphatic hydroxyl groups is 1. The van der Waals surface area contributed by atoms with Crippen LogP contribution in [0, 0.1) is 12.3 Å². The van der Waals surface area contributed by atoms with E-state index in [2.05, 4.69) is 5.92 Å². The van der Waals surface area contributed by atoms with Crippen LogP contribution in [-0.4, -0.2) is 33.5 Å². The first kappa shape index (κ1) is 12.5. The number of alkyl halides is 1. The molecule has 6 nitrogen and oxygen atoms in total. The third kappa shape index (κ3) is 2.08. The van der Waals surface area contributed by atoms with Gasteiger partial charge in [0.1, 0.15) is 24.1 Å². The summed E-state index contributed by atoms with van der Waals surface area (Å²) in [5.74, 6) is 2.12. The van der Waals surface area contributed by atoms with E-state index >= 15 is 0 Å². The second-order valence-electron chi connectivity index (χ2n) is 3.92. The topological polar surface area (TPSA) is 84.3 Å². The van der Waals surface area contributed by atoms with Crippen molar-refractivity contribution in [2.45, 2.75) is 24.9 Å². The summed E-state index contributed by atoms with van der Waals surface area (Å²) in [4.78, 5) is 24.9. The summed E-state index contributed by atoms with van der Waals surface area (Å²) in [5.41, 5.74) is -1.44. The Morgan fingerprint density at radius 3 is 2.94 bits per heavy atom. The number of aromatic amines is 1. The van der Waals surface area contributed by atoms with E-state index in [9.17, 15) is 14.0 Å². The molecule has 1 aliphatic heterocycles. The first-order valence-electron chi connectivity index (χ1n) is 5.29. The number of terminal acetylenes is 1. The molecule has 2 heterocycles. The lowest BCUT2D eigenvalue weighted by molar-refractivity contribution is -0.0356. The van der Waals surface area contributed by atoms with Gasteiger partial charge in [-0.1, -0.05) is 5.92 Å². The number of nitrogens with zero attached hydrogens (tertiary/aromatic N) is 1. The lowest BCUT2D eigenvalue weighted by atomic mass is 10.2. The largest absolute Gasteiger partial charge is 0.394 e. The Kier molecular flexibility index (Phi) is 3.32. The molecule has 2 rings (SSSR count). The van der Waals surface area contributed by atoms with Crippen molar-refractivity contribution in [3.63, 3.8) is 0 Å². The number of aliphatic hydroxyl groups excluding tert-OH is 1. The molecule has 1 fully saturated rings. The van der Waals surface area contributed by atoms with E-state index in [1.165, 1.54) is 0 Å². The van der Waals surface area contributed by atoms with E-state index in [1.54, 1.807) is 0 Å². The number of hydrogen-bond acceptors (Lipinski definition) is 4. The maximum absolute atomic E-state index is 13.4. The van der Waals surface area contributed by atoms with Gasteiger partial charge in [0.15, 0.2) is 0 Å². The molecule has 0 aromatic carbocycles. The number of aromatic nitrogens is 2. The summed E-state index contributed by atoms with van der Waals surface area (Å²) in [6.45, 7) is -0.474. The van der Waals surface area contributed by atoms with Gasteiger partial charge < -0.3 is 9.84 Å². The Labute approximate surface area is 101 Å². The minimum atomic E-state index is -1.37. The van der Waals surface area contributed by atoms with Crippen molar-refractivity contribution < 1.29 is 14.2 Å². The lowest BCUT2D eigenvalue weighted by Gasteiger charge is -2.14. The molecule has 7 heteroatoms. The van der Waals surface area contributed by atoms with Gasteiger partial charge in [-0.2, -0.15) is 0 Å². The standard InChI is InChI=1S/C11H11FN2O4/c1-2-6-4-14(11(17)13-10(6)16)9-3-7(12)8(5-15)18-9/h1,4,7-9,15H,3,5H2,(H,13,16,17)/t7?,8-,9-/m1/s1. The van der Waals surface area contributed by atoms with Gasteiger partial charge in [-0.05, 0) is 0 Å². The van der Waals surface area contributed by atoms with Crippen LogP contribution in [0.2, 0.25) is 0 Å². The van der Waals surface area contributed by atoms with Crippen molar-refractivity contribution in [2.24, 2.45) is 0 Å². The van der Waals surface area contributed by atoms with Crippen molar-refractivity contribution in [3.8, 4) is 12.3 Å². The molecule has 0 spiro atoms. The fraction of sp³-hybridized carbons (Fsp3) is 0.455. The zero-order chi connectivity index (χ0) is 13.3. The highest BCUT2D eigenvalue weighted by atomic mass is 19.1. The summed E-state index contributed by atoms with van der Waals surface area (Å²) < 4.78 is 19.6. The predicted molar refractivity (Wildman–Crippen MR) is 59.8 cm³/mol. The molecule has 0 bridgehead atoms. The second-order valence-corrected chi connectivity index (χ2v) is 3.92. The van der Waals surface area contributed by atoms with E-state index in [-0.39, 0.29) is 12.0 Å². The molecular formula is C11H11FN2O4. The van der Waals surface area contributed by atoms with E-state index in [0.29, 0.717) is 0 Å². The van der Waals surface area contributed by atoms with Crippen molar-refractivity contribution in [2.75, 3.05) is 6.61 Å². The maximum atomic E-state index is 13.4. The molecule has 0 radical (unpaired) electrons. The van der Waals surface area contributed by atoms with Crippen LogP contribution < -0.4 is 11.2 Å². The molecule has 3 atom stereocenters. The second kappa shape index (κ2) is 4.76. The predicted octanol–water partition coefficient (Wildman–Crippen LogP) is -0.864. The van der Waals surface area contributed by atoms with Gasteiger partial charge in [0.05, 0.1) is 6.61 Å². The first-order chi connectivity index (χ1) is 8.56. The Morgan fingerprint density at radius 2 is 2.39 bits per heavy atom. The van der Waals surface area contributed by atoms with Crippen molar-refractivity contribution >= 4 is 0 Å². The molecule has 0 amide bonds. The van der Waals surface area contributed by atoms with Crippen LogP contribution in [0.15, 0.2) is 15.8 Å². The van der Waals surface area contributed by atoms with E-state index < -0.39 is 36.4 Å². The highest BCUT2D eigenvalue weighted by Crippen LogP contribution is 2.29. The average Bonchev–Trinajstić information content (AvgIpc) is 2.70. The van der Waals surface area contributed by atoms with Crippen LogP contribution in [0.5, 0.6) is 0 Å². The molecule has 1 saturated heterocycles. The third-order valence-corrected chi connectivity index (χ3v) is 2.78. The van der Waals surface area contributed by atoms with Crippen LogP contribution in [0.25, 0.3) is 0 Å². The number of rotatable bonds is 2. The van der Waals surface area contributed by atoms with Crippen LogP contribution in [0.4, 0.5) is 4.39 Å². The number of hydrogen-bond donors (Lipinski definition) is 2. The lowest BCUT2D eigenvalue weighted by Crippen LogP contribution is -2.33. The minimum absolute atomic E-state index is 0.0407. The Bertz CT molecular complexity index is 600. The molecule has 1 aliphatic rings. The monoisotopic (exact) mass is 254 g/mol.